The second-order valence-electron chi connectivity index (χ2n) is 2.69. The van der Waals surface area contributed by atoms with E-state index in [0.717, 1.165) is 12.8 Å². The molecule has 0 aromatic rings. The second-order valence-corrected chi connectivity index (χ2v) is 5.84. The van der Waals surface area contributed by atoms with E-state index in [0.29, 0.717) is 25.0 Å². The van der Waals surface area contributed by atoms with E-state index in [1.54, 1.807) is 0 Å². The van der Waals surface area contributed by atoms with Crippen LogP contribution in [0.15, 0.2) is 0 Å². The zero-order valence-electron chi connectivity index (χ0n) is 9.13. The fourth-order valence-electron chi connectivity index (χ4n) is 0.864. The van der Waals surface area contributed by atoms with Gasteiger partial charge in [-0.25, -0.2) is 0 Å². The van der Waals surface area contributed by atoms with Gasteiger partial charge >= 0.3 is 9.05 Å². The lowest BCUT2D eigenvalue weighted by Gasteiger charge is -2.24. The highest BCUT2D eigenvalue weighted by molar-refractivity contribution is 6.53. The standard InChI is InChI=1S/C8H18Cl2O4Si/c1-11-15(12-2,13-7-3-5-9)14-8-4-6-10/h3-8H2,1-2H3. The van der Waals surface area contributed by atoms with E-state index >= 15 is 0 Å². The maximum atomic E-state index is 5.54. The van der Waals surface area contributed by atoms with Crippen molar-refractivity contribution in [1.82, 2.24) is 0 Å². The molecule has 0 spiro atoms. The minimum atomic E-state index is -2.94. The molecule has 0 saturated carbocycles. The molecule has 7 heteroatoms. The molecule has 0 atom stereocenters. The van der Waals surface area contributed by atoms with Gasteiger partial charge in [0.2, 0.25) is 0 Å². The summed E-state index contributed by atoms with van der Waals surface area (Å²) in [6.07, 6.45) is 1.48. The monoisotopic (exact) mass is 276 g/mol. The minimum absolute atomic E-state index is 0.471. The lowest BCUT2D eigenvalue weighted by atomic mass is 10.5. The summed E-state index contributed by atoms with van der Waals surface area (Å²) >= 11 is 11.1. The Morgan fingerprint density at radius 2 is 1.27 bits per heavy atom. The van der Waals surface area contributed by atoms with Crippen molar-refractivity contribution in [2.75, 3.05) is 39.2 Å². The smallest absolute Gasteiger partial charge is 0.355 e. The van der Waals surface area contributed by atoms with E-state index in [1.165, 1.54) is 14.2 Å². The van der Waals surface area contributed by atoms with E-state index in [1.807, 2.05) is 0 Å². The highest BCUT2D eigenvalue weighted by Gasteiger charge is 2.43. The summed E-state index contributed by atoms with van der Waals surface area (Å²) in [6.45, 7) is 0.941. The Kier molecular flexibility index (Phi) is 10.3. The summed E-state index contributed by atoms with van der Waals surface area (Å²) in [6, 6.07) is 0. The Bertz CT molecular complexity index is 135. The van der Waals surface area contributed by atoms with Gasteiger partial charge in [-0.3, -0.25) is 0 Å². The highest BCUT2D eigenvalue weighted by Crippen LogP contribution is 2.10. The van der Waals surface area contributed by atoms with Gasteiger partial charge in [-0.1, -0.05) is 0 Å². The van der Waals surface area contributed by atoms with Crippen molar-refractivity contribution in [3.63, 3.8) is 0 Å². The molecule has 0 aliphatic rings. The topological polar surface area (TPSA) is 36.9 Å². The third kappa shape index (κ3) is 6.73. The summed E-state index contributed by atoms with van der Waals surface area (Å²) in [7, 11) is 0.0869. The molecule has 92 valence electrons. The zero-order chi connectivity index (χ0) is 11.6. The number of hydrogen-bond acceptors (Lipinski definition) is 4. The van der Waals surface area contributed by atoms with Crippen molar-refractivity contribution in [2.45, 2.75) is 12.8 Å². The average Bonchev–Trinajstić information content (AvgIpc) is 2.28. The molecule has 0 rings (SSSR count). The van der Waals surface area contributed by atoms with E-state index in [9.17, 15) is 0 Å². The van der Waals surface area contributed by atoms with Crippen LogP contribution in [-0.2, 0) is 17.7 Å². The quantitative estimate of drug-likeness (QED) is 0.348. The van der Waals surface area contributed by atoms with Crippen molar-refractivity contribution < 1.29 is 17.7 Å². The van der Waals surface area contributed by atoms with Crippen molar-refractivity contribution >= 4 is 32.2 Å². The molecule has 0 saturated heterocycles. The summed E-state index contributed by atoms with van der Waals surface area (Å²) < 4.78 is 21.3. The van der Waals surface area contributed by atoms with Gasteiger partial charge in [0, 0.05) is 39.2 Å². The first-order valence-corrected chi connectivity index (χ1v) is 7.45. The fraction of sp³-hybridized carbons (Fsp3) is 1.00. The molecule has 0 bridgehead atoms. The fourth-order valence-corrected chi connectivity index (χ4v) is 2.59. The molecule has 0 amide bonds. The van der Waals surface area contributed by atoms with Crippen LogP contribution in [0.3, 0.4) is 0 Å². The highest BCUT2D eigenvalue weighted by atomic mass is 35.5. The van der Waals surface area contributed by atoms with E-state index in [4.69, 9.17) is 40.9 Å². The van der Waals surface area contributed by atoms with Gasteiger partial charge in [-0.2, -0.15) is 0 Å². The SMILES string of the molecule is CO[Si](OC)(OCCCCl)OCCCCl. The van der Waals surface area contributed by atoms with Crippen LogP contribution in [0.1, 0.15) is 12.8 Å². The predicted octanol–water partition coefficient (Wildman–Crippen LogP) is 2.01. The number of halogens is 2. The number of hydrogen-bond donors (Lipinski definition) is 0. The van der Waals surface area contributed by atoms with Crippen molar-refractivity contribution in [3.8, 4) is 0 Å². The largest absolute Gasteiger partial charge is 0.679 e. The van der Waals surface area contributed by atoms with Gasteiger partial charge in [0.25, 0.3) is 0 Å². The maximum absolute atomic E-state index is 5.54. The van der Waals surface area contributed by atoms with Crippen LogP contribution in [0.2, 0.25) is 0 Å². The molecule has 0 aromatic carbocycles. The van der Waals surface area contributed by atoms with Crippen LogP contribution in [0.25, 0.3) is 0 Å². The molecule has 0 heterocycles. The average molecular weight is 277 g/mol. The molecule has 0 radical (unpaired) electrons. The maximum Gasteiger partial charge on any atom is 0.679 e. The van der Waals surface area contributed by atoms with Crippen LogP contribution in [0.4, 0.5) is 0 Å². The summed E-state index contributed by atoms with van der Waals surface area (Å²) in [5.74, 6) is 1.08. The Labute approximate surface area is 102 Å². The first kappa shape index (κ1) is 15.6. The lowest BCUT2D eigenvalue weighted by Crippen LogP contribution is -2.48. The Morgan fingerprint density at radius 1 is 0.867 bits per heavy atom. The molecular weight excluding hydrogens is 259 g/mol. The van der Waals surface area contributed by atoms with Crippen molar-refractivity contribution in [3.05, 3.63) is 0 Å². The van der Waals surface area contributed by atoms with Crippen LogP contribution >= 0.6 is 23.2 Å². The third-order valence-corrected chi connectivity index (χ3v) is 4.26. The van der Waals surface area contributed by atoms with E-state index in [-0.39, 0.29) is 0 Å². The van der Waals surface area contributed by atoms with Crippen molar-refractivity contribution in [2.24, 2.45) is 0 Å². The normalized spacial score (nSPS) is 12.0. The van der Waals surface area contributed by atoms with Crippen LogP contribution in [-0.4, -0.2) is 48.2 Å². The summed E-state index contributed by atoms with van der Waals surface area (Å²) in [5, 5.41) is 0. The Morgan fingerprint density at radius 3 is 1.53 bits per heavy atom. The van der Waals surface area contributed by atoms with Gasteiger partial charge in [-0.15, -0.1) is 23.2 Å². The van der Waals surface area contributed by atoms with E-state index in [2.05, 4.69) is 0 Å². The Hall–Kier alpha value is 0.637. The number of alkyl halides is 2. The number of rotatable bonds is 10. The zero-order valence-corrected chi connectivity index (χ0v) is 11.6. The second kappa shape index (κ2) is 9.83. The molecule has 4 nitrogen and oxygen atoms in total. The van der Waals surface area contributed by atoms with Gasteiger partial charge in [-0.05, 0) is 12.8 Å². The van der Waals surface area contributed by atoms with Gasteiger partial charge in [0.15, 0.2) is 0 Å². The molecule has 0 aliphatic carbocycles. The summed E-state index contributed by atoms with van der Waals surface area (Å²) in [5.41, 5.74) is 0. The van der Waals surface area contributed by atoms with Crippen LogP contribution in [0.5, 0.6) is 0 Å². The van der Waals surface area contributed by atoms with Gasteiger partial charge in [0.05, 0.1) is 0 Å². The Balaban J connectivity index is 3.93. The third-order valence-electron chi connectivity index (χ3n) is 1.61. The molecule has 0 N–H and O–H groups in total. The molecule has 0 aliphatic heterocycles. The molecule has 0 aromatic heterocycles. The lowest BCUT2D eigenvalue weighted by molar-refractivity contribution is -0.00846. The predicted molar refractivity (Wildman–Crippen MR) is 62.4 cm³/mol. The van der Waals surface area contributed by atoms with E-state index < -0.39 is 9.05 Å². The van der Waals surface area contributed by atoms with Crippen LogP contribution in [0, 0.1) is 0 Å². The molecular formula is C8H18Cl2O4Si. The molecule has 0 fully saturated rings. The molecule has 0 unspecified atom stereocenters. The van der Waals surface area contributed by atoms with Gasteiger partial charge < -0.3 is 17.7 Å². The minimum Gasteiger partial charge on any atom is -0.355 e. The van der Waals surface area contributed by atoms with Crippen LogP contribution < -0.4 is 0 Å². The molecule has 15 heavy (non-hydrogen) atoms. The summed E-state index contributed by atoms with van der Waals surface area (Å²) in [4.78, 5) is 0. The first-order valence-electron chi connectivity index (χ1n) is 4.74. The first-order chi connectivity index (χ1) is 7.24. The van der Waals surface area contributed by atoms with Gasteiger partial charge in [0.1, 0.15) is 0 Å². The van der Waals surface area contributed by atoms with Crippen molar-refractivity contribution in [1.29, 1.82) is 0 Å².